The Kier molecular flexibility index (Phi) is 36.1. The second-order valence-electron chi connectivity index (χ2n) is 17.2. The van der Waals surface area contributed by atoms with Crippen molar-refractivity contribution in [3.8, 4) is 0 Å². The van der Waals surface area contributed by atoms with Gasteiger partial charge in [0.05, 0.1) is 25.4 Å². The van der Waals surface area contributed by atoms with Gasteiger partial charge in [-0.2, -0.15) is 0 Å². The van der Waals surface area contributed by atoms with Gasteiger partial charge >= 0.3 is 0 Å². The Morgan fingerprint density at radius 3 is 1.51 bits per heavy atom. The molecule has 1 fully saturated rings. The third-order valence-electron chi connectivity index (χ3n) is 11.7. The van der Waals surface area contributed by atoms with E-state index < -0.39 is 74.2 Å². The van der Waals surface area contributed by atoms with Crippen LogP contribution >= 0.6 is 0 Å². The molecule has 0 spiro atoms. The molecular formula is C48H91NO10. The first-order valence-electron chi connectivity index (χ1n) is 24.2. The molecular weight excluding hydrogens is 751 g/mol. The predicted octanol–water partition coefficient (Wildman–Crippen LogP) is 8.23. The fourth-order valence-corrected chi connectivity index (χ4v) is 7.66. The van der Waals surface area contributed by atoms with Gasteiger partial charge in [0.15, 0.2) is 6.29 Å². The largest absolute Gasteiger partial charge is 0.394 e. The van der Waals surface area contributed by atoms with Crippen LogP contribution in [0.15, 0.2) is 24.3 Å². The van der Waals surface area contributed by atoms with Gasteiger partial charge in [0.2, 0.25) is 5.91 Å². The molecule has 1 aliphatic heterocycles. The number of allylic oxidation sites excluding steroid dienone is 4. The summed E-state index contributed by atoms with van der Waals surface area (Å²) in [6, 6.07) is -1.19. The standard InChI is InChI=1S/C48H91NO10/c1-3-5-7-9-11-13-14-15-16-17-18-19-20-21-22-23-24-25-26-28-29-31-33-35-40(51)43(53)39(38-58-48-46(56)45(55)44(54)42(37-50)59-48)49-47(57)41(52)36-34-32-30-27-12-10-8-6-4-2/h10,12,28-29,39-46,48,50-56H,3-9,11,13-27,30-38H2,1-2H3,(H,49,57)/b12-10-,29-28+. The Bertz CT molecular complexity index is 1010. The topological polar surface area (TPSA) is 189 Å². The minimum absolute atomic E-state index is 0.232. The molecule has 0 radical (unpaired) electrons. The summed E-state index contributed by atoms with van der Waals surface area (Å²) in [5.74, 6) is -0.722. The molecule has 0 aromatic rings. The van der Waals surface area contributed by atoms with Crippen molar-refractivity contribution in [1.82, 2.24) is 5.32 Å². The van der Waals surface area contributed by atoms with Crippen LogP contribution in [-0.4, -0.2) is 110 Å². The van der Waals surface area contributed by atoms with Crippen LogP contribution in [0.25, 0.3) is 0 Å². The molecule has 1 rings (SSSR count). The van der Waals surface area contributed by atoms with E-state index in [9.17, 15) is 40.5 Å². The lowest BCUT2D eigenvalue weighted by Gasteiger charge is -2.40. The highest BCUT2D eigenvalue weighted by atomic mass is 16.7. The van der Waals surface area contributed by atoms with Gasteiger partial charge in [0.25, 0.3) is 0 Å². The van der Waals surface area contributed by atoms with Crippen molar-refractivity contribution in [3.63, 3.8) is 0 Å². The van der Waals surface area contributed by atoms with Crippen LogP contribution in [0.4, 0.5) is 0 Å². The quantitative estimate of drug-likeness (QED) is 0.0221. The van der Waals surface area contributed by atoms with Gasteiger partial charge in [-0.05, 0) is 57.8 Å². The summed E-state index contributed by atoms with van der Waals surface area (Å²) >= 11 is 0. The van der Waals surface area contributed by atoms with Crippen molar-refractivity contribution in [2.75, 3.05) is 13.2 Å². The molecule has 1 heterocycles. The zero-order valence-electron chi connectivity index (χ0n) is 37.5. The Morgan fingerprint density at radius 2 is 1.02 bits per heavy atom. The molecule has 348 valence electrons. The van der Waals surface area contributed by atoms with Crippen molar-refractivity contribution >= 4 is 5.91 Å². The van der Waals surface area contributed by atoms with Crippen LogP contribution in [-0.2, 0) is 14.3 Å². The van der Waals surface area contributed by atoms with E-state index in [1.807, 2.05) is 0 Å². The summed E-state index contributed by atoms with van der Waals surface area (Å²) in [4.78, 5) is 13.0. The number of aliphatic hydroxyl groups is 7. The van der Waals surface area contributed by atoms with Crippen LogP contribution in [0, 0.1) is 0 Å². The smallest absolute Gasteiger partial charge is 0.249 e. The average molecular weight is 842 g/mol. The molecule has 11 nitrogen and oxygen atoms in total. The van der Waals surface area contributed by atoms with Crippen LogP contribution < -0.4 is 5.32 Å². The number of unbranched alkanes of at least 4 members (excludes halogenated alkanes) is 24. The number of rotatable bonds is 40. The monoisotopic (exact) mass is 842 g/mol. The second-order valence-corrected chi connectivity index (χ2v) is 17.2. The molecule has 9 unspecified atom stereocenters. The maximum atomic E-state index is 13.0. The Balaban J connectivity index is 2.37. The molecule has 0 aromatic carbocycles. The third kappa shape index (κ3) is 28.0. The van der Waals surface area contributed by atoms with Gasteiger partial charge in [0, 0.05) is 0 Å². The Hall–Kier alpha value is -1.41. The molecule has 9 atom stereocenters. The number of ether oxygens (including phenoxy) is 2. The number of hydrogen-bond acceptors (Lipinski definition) is 10. The summed E-state index contributed by atoms with van der Waals surface area (Å²) in [5, 5.41) is 75.5. The molecule has 8 N–H and O–H groups in total. The molecule has 0 bridgehead atoms. The number of aliphatic hydroxyl groups excluding tert-OH is 7. The molecule has 0 aromatic heterocycles. The van der Waals surface area contributed by atoms with E-state index in [-0.39, 0.29) is 12.8 Å². The molecule has 1 aliphatic rings. The number of carbonyl (C=O) groups is 1. The molecule has 59 heavy (non-hydrogen) atoms. The van der Waals surface area contributed by atoms with Gasteiger partial charge in [0.1, 0.15) is 36.6 Å². The molecule has 11 heteroatoms. The van der Waals surface area contributed by atoms with Gasteiger partial charge < -0.3 is 50.5 Å². The highest BCUT2D eigenvalue weighted by Crippen LogP contribution is 2.23. The van der Waals surface area contributed by atoms with E-state index in [0.717, 1.165) is 51.4 Å². The van der Waals surface area contributed by atoms with Crippen molar-refractivity contribution in [1.29, 1.82) is 0 Å². The van der Waals surface area contributed by atoms with Crippen LogP contribution in [0.1, 0.15) is 206 Å². The lowest BCUT2D eigenvalue weighted by Crippen LogP contribution is -2.60. The van der Waals surface area contributed by atoms with Crippen molar-refractivity contribution in [3.05, 3.63) is 24.3 Å². The molecule has 0 aliphatic carbocycles. The lowest BCUT2D eigenvalue weighted by molar-refractivity contribution is -0.303. The zero-order valence-corrected chi connectivity index (χ0v) is 37.5. The normalized spacial score (nSPS) is 21.9. The highest BCUT2D eigenvalue weighted by molar-refractivity contribution is 5.80. The van der Waals surface area contributed by atoms with Gasteiger partial charge in [-0.1, -0.05) is 173 Å². The SMILES string of the molecule is CCCC/C=C\CCCCCC(O)C(=O)NC(COC1OC(CO)C(O)C(O)C1O)C(O)C(O)CCC/C=C/CCCCCCCCCCCCCCCCCCCC. The minimum atomic E-state index is -1.67. The summed E-state index contributed by atoms with van der Waals surface area (Å²) in [7, 11) is 0. The van der Waals surface area contributed by atoms with Crippen LogP contribution in [0.2, 0.25) is 0 Å². The zero-order chi connectivity index (χ0) is 43.4. The minimum Gasteiger partial charge on any atom is -0.394 e. The van der Waals surface area contributed by atoms with Crippen molar-refractivity contribution in [2.24, 2.45) is 0 Å². The Labute approximate surface area is 359 Å². The predicted molar refractivity (Wildman–Crippen MR) is 238 cm³/mol. The van der Waals surface area contributed by atoms with Crippen LogP contribution in [0.3, 0.4) is 0 Å². The first-order valence-corrected chi connectivity index (χ1v) is 24.2. The summed E-state index contributed by atoms with van der Waals surface area (Å²) in [6.45, 7) is 3.36. The number of nitrogens with one attached hydrogen (secondary N) is 1. The summed E-state index contributed by atoms with van der Waals surface area (Å²) < 4.78 is 11.1. The van der Waals surface area contributed by atoms with E-state index >= 15 is 0 Å². The van der Waals surface area contributed by atoms with E-state index in [4.69, 9.17) is 9.47 Å². The van der Waals surface area contributed by atoms with E-state index in [2.05, 4.69) is 43.5 Å². The number of carbonyl (C=O) groups excluding carboxylic acids is 1. The molecule has 1 amide bonds. The van der Waals surface area contributed by atoms with Crippen molar-refractivity contribution in [2.45, 2.75) is 262 Å². The number of amides is 1. The fourth-order valence-electron chi connectivity index (χ4n) is 7.66. The summed E-state index contributed by atoms with van der Waals surface area (Å²) in [6.07, 6.45) is 31.2. The maximum Gasteiger partial charge on any atom is 0.249 e. The van der Waals surface area contributed by atoms with E-state index in [1.165, 1.54) is 116 Å². The average Bonchev–Trinajstić information content (AvgIpc) is 3.23. The molecule has 1 saturated heterocycles. The second kappa shape index (κ2) is 38.3. The van der Waals surface area contributed by atoms with Crippen LogP contribution in [0.5, 0.6) is 0 Å². The van der Waals surface area contributed by atoms with Crippen molar-refractivity contribution < 1.29 is 50.0 Å². The van der Waals surface area contributed by atoms with E-state index in [1.54, 1.807) is 0 Å². The first-order chi connectivity index (χ1) is 28.7. The lowest BCUT2D eigenvalue weighted by atomic mass is 9.98. The summed E-state index contributed by atoms with van der Waals surface area (Å²) in [5.41, 5.74) is 0. The third-order valence-corrected chi connectivity index (χ3v) is 11.7. The van der Waals surface area contributed by atoms with E-state index in [0.29, 0.717) is 12.8 Å². The first kappa shape index (κ1) is 55.6. The number of hydrogen-bond donors (Lipinski definition) is 8. The Morgan fingerprint density at radius 1 is 0.576 bits per heavy atom. The highest BCUT2D eigenvalue weighted by Gasteiger charge is 2.44. The van der Waals surface area contributed by atoms with Gasteiger partial charge in [-0.15, -0.1) is 0 Å². The maximum absolute atomic E-state index is 13.0. The van der Waals surface area contributed by atoms with Gasteiger partial charge in [-0.25, -0.2) is 0 Å². The van der Waals surface area contributed by atoms with Gasteiger partial charge in [-0.3, -0.25) is 4.79 Å². The fraction of sp³-hybridized carbons (Fsp3) is 0.896. The molecule has 0 saturated carbocycles.